The number of hydrogen-bond acceptors (Lipinski definition) is 5. The molecule has 0 unspecified atom stereocenters. The van der Waals surface area contributed by atoms with E-state index in [0.717, 1.165) is 8.66 Å². The number of hydrogen-bond donors (Lipinski definition) is 0. The molecule has 0 atom stereocenters. The van der Waals surface area contributed by atoms with Gasteiger partial charge in [-0.25, -0.2) is 4.79 Å². The topological polar surface area (TPSA) is 46.6 Å². The van der Waals surface area contributed by atoms with E-state index in [9.17, 15) is 9.59 Å². The highest BCUT2D eigenvalue weighted by molar-refractivity contribution is 9.11. The number of ether oxygens (including phenoxy) is 1. The first-order chi connectivity index (χ1) is 9.95. The highest BCUT2D eigenvalue weighted by atomic mass is 79.9. The number of carbonyl (C=O) groups excluding carboxylic acids is 2. The van der Waals surface area contributed by atoms with E-state index in [1.54, 1.807) is 25.2 Å². The molecule has 0 saturated heterocycles. The quantitative estimate of drug-likeness (QED) is 0.701. The smallest absolute Gasteiger partial charge is 0.348 e. The molecule has 21 heavy (non-hydrogen) atoms. The van der Waals surface area contributed by atoms with E-state index in [0.29, 0.717) is 15.8 Å². The van der Waals surface area contributed by atoms with Crippen molar-refractivity contribution in [2.45, 2.75) is 6.54 Å². The maximum absolute atomic E-state index is 11.9. The second-order valence-electron chi connectivity index (χ2n) is 4.14. The van der Waals surface area contributed by atoms with Gasteiger partial charge in [-0.2, -0.15) is 0 Å². The third-order valence-electron chi connectivity index (χ3n) is 2.55. The van der Waals surface area contributed by atoms with Crippen LogP contribution >= 0.6 is 50.2 Å². The lowest BCUT2D eigenvalue weighted by Crippen LogP contribution is -2.30. The minimum Gasteiger partial charge on any atom is -0.451 e. The molecule has 0 radical (unpaired) electrons. The van der Waals surface area contributed by atoms with Crippen molar-refractivity contribution in [2.75, 3.05) is 13.7 Å². The average Bonchev–Trinajstić information content (AvgIpc) is 3.04. The third-order valence-corrected chi connectivity index (χ3v) is 5.37. The number of esters is 1. The summed E-state index contributed by atoms with van der Waals surface area (Å²) in [7, 11) is 1.66. The number of carbonyl (C=O) groups is 2. The van der Waals surface area contributed by atoms with E-state index in [-0.39, 0.29) is 12.5 Å². The minimum absolute atomic E-state index is 0.261. The van der Waals surface area contributed by atoms with E-state index in [4.69, 9.17) is 16.3 Å². The molecular weight excluding hydrogens is 398 g/mol. The van der Waals surface area contributed by atoms with Crippen molar-refractivity contribution < 1.29 is 14.3 Å². The molecule has 2 rings (SSSR count). The molecule has 4 nitrogen and oxygen atoms in total. The van der Waals surface area contributed by atoms with Gasteiger partial charge >= 0.3 is 5.97 Å². The summed E-state index contributed by atoms with van der Waals surface area (Å²) in [6.07, 6.45) is 0. The van der Waals surface area contributed by atoms with Crippen molar-refractivity contribution >= 4 is 62.1 Å². The zero-order valence-electron chi connectivity index (χ0n) is 11.0. The Labute approximate surface area is 143 Å². The molecule has 2 aromatic heterocycles. The number of rotatable bonds is 5. The Kier molecular flexibility index (Phi) is 5.80. The van der Waals surface area contributed by atoms with Gasteiger partial charge in [0.05, 0.1) is 14.7 Å². The van der Waals surface area contributed by atoms with Crippen LogP contribution in [0.15, 0.2) is 28.1 Å². The first kappa shape index (κ1) is 16.5. The minimum atomic E-state index is -0.494. The predicted molar refractivity (Wildman–Crippen MR) is 88.1 cm³/mol. The summed E-state index contributed by atoms with van der Waals surface area (Å²) >= 11 is 11.8. The van der Waals surface area contributed by atoms with Crippen molar-refractivity contribution in [3.63, 3.8) is 0 Å². The molecule has 2 aromatic rings. The molecule has 8 heteroatoms. The number of amides is 1. The van der Waals surface area contributed by atoms with Gasteiger partial charge in [0.25, 0.3) is 5.91 Å². The predicted octanol–water partition coefficient (Wildman–Crippen LogP) is 4.04. The maximum atomic E-state index is 11.9. The number of likely N-dealkylation sites (N-methyl/N-ethyl adjacent to an activating group) is 1. The summed E-state index contributed by atoms with van der Waals surface area (Å²) in [4.78, 5) is 26.6. The van der Waals surface area contributed by atoms with Crippen LogP contribution in [0.2, 0.25) is 4.34 Å². The standard InChI is InChI=1S/C13H11BrClNO3S2/c1-16(6-8-2-5-11(15)20-8)12(17)7-19-13(18)9-3-4-10(14)21-9/h2-5H,6-7H2,1H3. The molecule has 2 heterocycles. The zero-order chi connectivity index (χ0) is 15.4. The SMILES string of the molecule is CN(Cc1ccc(Cl)s1)C(=O)COC(=O)c1ccc(Br)s1. The second kappa shape index (κ2) is 7.40. The Morgan fingerprint density at radius 2 is 2.05 bits per heavy atom. The lowest BCUT2D eigenvalue weighted by Gasteiger charge is -2.15. The molecule has 1 amide bonds. The van der Waals surface area contributed by atoms with Crippen LogP contribution in [-0.4, -0.2) is 30.4 Å². The lowest BCUT2D eigenvalue weighted by atomic mass is 10.4. The van der Waals surface area contributed by atoms with E-state index in [1.165, 1.54) is 27.6 Å². The molecule has 0 aromatic carbocycles. The molecule has 0 saturated carbocycles. The van der Waals surface area contributed by atoms with Gasteiger partial charge < -0.3 is 9.64 Å². The molecule has 0 bridgehead atoms. The van der Waals surface area contributed by atoms with Crippen LogP contribution in [0.1, 0.15) is 14.5 Å². The van der Waals surface area contributed by atoms with Crippen molar-refractivity contribution in [3.05, 3.63) is 42.1 Å². The van der Waals surface area contributed by atoms with Crippen LogP contribution in [0.4, 0.5) is 0 Å². The van der Waals surface area contributed by atoms with E-state index in [1.807, 2.05) is 6.07 Å². The van der Waals surface area contributed by atoms with Gasteiger partial charge in [-0.1, -0.05) is 11.6 Å². The average molecular weight is 409 g/mol. The summed E-state index contributed by atoms with van der Waals surface area (Å²) in [6, 6.07) is 7.06. The van der Waals surface area contributed by atoms with Crippen LogP contribution in [0, 0.1) is 0 Å². The van der Waals surface area contributed by atoms with Gasteiger partial charge in [0.15, 0.2) is 6.61 Å². The van der Waals surface area contributed by atoms with Crippen LogP contribution in [-0.2, 0) is 16.1 Å². The Bertz CT molecular complexity index is 655. The Hall–Kier alpha value is -0.890. The Balaban J connectivity index is 1.82. The fourth-order valence-corrected chi connectivity index (χ4v) is 3.91. The summed E-state index contributed by atoms with van der Waals surface area (Å²) in [6.45, 7) is 0.169. The summed E-state index contributed by atoms with van der Waals surface area (Å²) in [5.74, 6) is -0.755. The summed E-state index contributed by atoms with van der Waals surface area (Å²) in [5, 5.41) is 0. The fraction of sp³-hybridized carbons (Fsp3) is 0.231. The van der Waals surface area contributed by atoms with Crippen molar-refractivity contribution in [2.24, 2.45) is 0 Å². The van der Waals surface area contributed by atoms with Crippen molar-refractivity contribution in [1.82, 2.24) is 4.90 Å². The second-order valence-corrected chi connectivity index (χ2v) is 8.40. The third kappa shape index (κ3) is 4.81. The van der Waals surface area contributed by atoms with Crippen LogP contribution < -0.4 is 0 Å². The lowest BCUT2D eigenvalue weighted by molar-refractivity contribution is -0.133. The first-order valence-electron chi connectivity index (χ1n) is 5.86. The van der Waals surface area contributed by atoms with Gasteiger partial charge in [-0.15, -0.1) is 22.7 Å². The summed E-state index contributed by atoms with van der Waals surface area (Å²) < 4.78 is 6.53. The summed E-state index contributed by atoms with van der Waals surface area (Å²) in [5.41, 5.74) is 0. The largest absolute Gasteiger partial charge is 0.451 e. The van der Waals surface area contributed by atoms with Gasteiger partial charge in [0, 0.05) is 11.9 Å². The molecule has 0 aliphatic rings. The number of thiophene rings is 2. The maximum Gasteiger partial charge on any atom is 0.348 e. The number of nitrogens with zero attached hydrogens (tertiary/aromatic N) is 1. The van der Waals surface area contributed by atoms with E-state index in [2.05, 4.69) is 15.9 Å². The van der Waals surface area contributed by atoms with E-state index >= 15 is 0 Å². The van der Waals surface area contributed by atoms with Crippen LogP contribution in [0.3, 0.4) is 0 Å². The highest BCUT2D eigenvalue weighted by Gasteiger charge is 2.15. The van der Waals surface area contributed by atoms with Gasteiger partial charge in [0.2, 0.25) is 0 Å². The Morgan fingerprint density at radius 1 is 1.29 bits per heavy atom. The normalized spacial score (nSPS) is 10.4. The molecule has 0 spiro atoms. The molecule has 0 fully saturated rings. The fourth-order valence-electron chi connectivity index (χ4n) is 1.49. The zero-order valence-corrected chi connectivity index (χ0v) is 14.9. The highest BCUT2D eigenvalue weighted by Crippen LogP contribution is 2.23. The molecule has 0 aliphatic carbocycles. The van der Waals surface area contributed by atoms with Crippen LogP contribution in [0.25, 0.3) is 0 Å². The number of halogens is 2. The Morgan fingerprint density at radius 3 is 2.62 bits per heavy atom. The monoisotopic (exact) mass is 407 g/mol. The van der Waals surface area contributed by atoms with Gasteiger partial charge in [-0.05, 0) is 40.2 Å². The van der Waals surface area contributed by atoms with Crippen LogP contribution in [0.5, 0.6) is 0 Å². The first-order valence-corrected chi connectivity index (χ1v) is 8.66. The molecular formula is C13H11BrClNO3S2. The molecule has 112 valence electrons. The molecule has 0 N–H and O–H groups in total. The molecule has 0 aliphatic heterocycles. The van der Waals surface area contributed by atoms with Gasteiger partial charge in [-0.3, -0.25) is 4.79 Å². The van der Waals surface area contributed by atoms with Gasteiger partial charge in [0.1, 0.15) is 4.88 Å². The van der Waals surface area contributed by atoms with Crippen molar-refractivity contribution in [1.29, 1.82) is 0 Å². The van der Waals surface area contributed by atoms with Crippen molar-refractivity contribution in [3.8, 4) is 0 Å². The van der Waals surface area contributed by atoms with E-state index < -0.39 is 5.97 Å².